The summed E-state index contributed by atoms with van der Waals surface area (Å²) in [6.45, 7) is 0.216. The Bertz CT molecular complexity index is 861. The number of ether oxygens (including phenoxy) is 2. The van der Waals surface area contributed by atoms with Gasteiger partial charge in [-0.15, -0.1) is 0 Å². The number of benzene rings is 1. The van der Waals surface area contributed by atoms with Crippen LogP contribution in [0.25, 0.3) is 6.08 Å². The van der Waals surface area contributed by atoms with Gasteiger partial charge >= 0.3 is 0 Å². The fraction of sp³-hybridized carbons (Fsp3) is 0.118. The molecule has 7 heteroatoms. The summed E-state index contributed by atoms with van der Waals surface area (Å²) in [7, 11) is 1.82. The number of carbonyl (C=O) groups excluding carboxylic acids is 1. The van der Waals surface area contributed by atoms with Crippen LogP contribution in [0.1, 0.15) is 5.56 Å². The van der Waals surface area contributed by atoms with E-state index in [1.807, 2.05) is 37.4 Å². The smallest absolute Gasteiger partial charge is 0.276 e. The number of hydrogen-bond donors (Lipinski definition) is 1. The summed E-state index contributed by atoms with van der Waals surface area (Å²) in [5.41, 5.74) is 1.99. The highest BCUT2D eigenvalue weighted by molar-refractivity contribution is 6.17. The molecule has 120 valence electrons. The van der Waals surface area contributed by atoms with Gasteiger partial charge in [0.1, 0.15) is 5.70 Å². The maximum absolute atomic E-state index is 12.2. The summed E-state index contributed by atoms with van der Waals surface area (Å²) in [6.07, 6.45) is 5.10. The maximum Gasteiger partial charge on any atom is 0.276 e. The van der Waals surface area contributed by atoms with Crippen LogP contribution in [0, 0.1) is 0 Å². The zero-order valence-corrected chi connectivity index (χ0v) is 12.9. The molecule has 3 heterocycles. The summed E-state index contributed by atoms with van der Waals surface area (Å²) in [5.74, 6) is 1.58. The monoisotopic (exact) mass is 322 g/mol. The molecule has 0 fully saturated rings. The third-order valence-corrected chi connectivity index (χ3v) is 3.74. The maximum atomic E-state index is 12.2. The summed E-state index contributed by atoms with van der Waals surface area (Å²) >= 11 is 0. The molecule has 0 bridgehead atoms. The first-order valence-corrected chi connectivity index (χ1v) is 7.36. The number of aromatic nitrogens is 1. The third kappa shape index (κ3) is 2.56. The lowest BCUT2D eigenvalue weighted by Crippen LogP contribution is -2.37. The molecule has 1 aromatic heterocycles. The second-order valence-electron chi connectivity index (χ2n) is 5.30. The Morgan fingerprint density at radius 2 is 2.12 bits per heavy atom. The fourth-order valence-corrected chi connectivity index (χ4v) is 2.45. The van der Waals surface area contributed by atoms with Crippen LogP contribution in [0.4, 0.5) is 5.69 Å². The van der Waals surface area contributed by atoms with Gasteiger partial charge < -0.3 is 14.4 Å². The van der Waals surface area contributed by atoms with Crippen molar-refractivity contribution in [3.8, 4) is 11.5 Å². The zero-order chi connectivity index (χ0) is 16.5. The normalized spacial score (nSPS) is 17.0. The van der Waals surface area contributed by atoms with Gasteiger partial charge in [-0.2, -0.15) is 0 Å². The number of rotatable bonds is 2. The summed E-state index contributed by atoms with van der Waals surface area (Å²) < 4.78 is 10.6. The molecule has 0 saturated heterocycles. The van der Waals surface area contributed by atoms with Crippen LogP contribution in [-0.4, -0.2) is 30.7 Å². The van der Waals surface area contributed by atoms with Crippen LogP contribution in [0.2, 0.25) is 0 Å². The molecule has 0 atom stereocenters. The lowest BCUT2D eigenvalue weighted by molar-refractivity contribution is -0.115. The van der Waals surface area contributed by atoms with Gasteiger partial charge in [0, 0.05) is 13.2 Å². The van der Waals surface area contributed by atoms with Gasteiger partial charge in [0.25, 0.3) is 5.91 Å². The van der Waals surface area contributed by atoms with E-state index in [1.165, 1.54) is 0 Å². The zero-order valence-electron chi connectivity index (χ0n) is 12.9. The number of hydrogen-bond acceptors (Lipinski definition) is 6. The van der Waals surface area contributed by atoms with Crippen molar-refractivity contribution in [3.63, 3.8) is 0 Å². The van der Waals surface area contributed by atoms with E-state index in [4.69, 9.17) is 9.47 Å². The lowest BCUT2D eigenvalue weighted by Gasteiger charge is -2.17. The minimum Gasteiger partial charge on any atom is -0.454 e. The second-order valence-corrected chi connectivity index (χ2v) is 5.30. The van der Waals surface area contributed by atoms with Gasteiger partial charge in [-0.05, 0) is 35.9 Å². The highest BCUT2D eigenvalue weighted by Crippen LogP contribution is 2.33. The SMILES string of the molecule is CN(C1=N/C(=C\c2ccc3c(c2)OCO3)C(=O)N1)c1cccnc1. The van der Waals surface area contributed by atoms with Crippen LogP contribution in [-0.2, 0) is 4.79 Å². The molecule has 1 N–H and O–H groups in total. The van der Waals surface area contributed by atoms with E-state index in [1.54, 1.807) is 23.4 Å². The second kappa shape index (κ2) is 5.69. The summed E-state index contributed by atoms with van der Waals surface area (Å²) in [6, 6.07) is 9.20. The first kappa shape index (κ1) is 14.3. The van der Waals surface area contributed by atoms with Crippen molar-refractivity contribution < 1.29 is 14.3 Å². The van der Waals surface area contributed by atoms with E-state index in [9.17, 15) is 4.79 Å². The van der Waals surface area contributed by atoms with Crippen molar-refractivity contribution in [1.82, 2.24) is 10.3 Å². The van der Waals surface area contributed by atoms with Gasteiger partial charge in [0.15, 0.2) is 11.5 Å². The van der Waals surface area contributed by atoms with Crippen LogP contribution in [0.5, 0.6) is 11.5 Å². The molecular weight excluding hydrogens is 308 g/mol. The van der Waals surface area contributed by atoms with Gasteiger partial charge in [-0.3, -0.25) is 15.1 Å². The Labute approximate surface area is 138 Å². The van der Waals surface area contributed by atoms with E-state index in [-0.39, 0.29) is 12.7 Å². The van der Waals surface area contributed by atoms with E-state index >= 15 is 0 Å². The number of pyridine rings is 1. The number of guanidine groups is 1. The average molecular weight is 322 g/mol. The minimum absolute atomic E-state index is 0.216. The third-order valence-electron chi connectivity index (χ3n) is 3.74. The molecule has 0 aliphatic carbocycles. The van der Waals surface area contributed by atoms with Crippen LogP contribution < -0.4 is 19.7 Å². The molecule has 7 nitrogen and oxygen atoms in total. The summed E-state index contributed by atoms with van der Waals surface area (Å²) in [4.78, 5) is 22.4. The fourth-order valence-electron chi connectivity index (χ4n) is 2.45. The lowest BCUT2D eigenvalue weighted by atomic mass is 10.1. The van der Waals surface area contributed by atoms with E-state index in [2.05, 4.69) is 15.3 Å². The van der Waals surface area contributed by atoms with Gasteiger partial charge in [-0.1, -0.05) is 6.07 Å². The van der Waals surface area contributed by atoms with Crippen molar-refractivity contribution in [2.45, 2.75) is 0 Å². The number of anilines is 1. The molecule has 1 aromatic carbocycles. The summed E-state index contributed by atoms with van der Waals surface area (Å²) in [5, 5.41) is 2.76. The molecule has 24 heavy (non-hydrogen) atoms. The predicted molar refractivity (Wildman–Crippen MR) is 88.8 cm³/mol. The van der Waals surface area contributed by atoms with Crippen molar-refractivity contribution >= 4 is 23.6 Å². The van der Waals surface area contributed by atoms with Crippen molar-refractivity contribution in [3.05, 3.63) is 54.0 Å². The quantitative estimate of drug-likeness (QED) is 0.853. The standard InChI is InChI=1S/C17H14N4O3/c1-21(12-3-2-6-18-9-12)17-19-13(16(22)20-17)7-11-4-5-14-15(8-11)24-10-23-14/h2-9H,10H2,1H3,(H,19,20,22)/b13-7-. The number of fused-ring (bicyclic) bond motifs is 1. The molecule has 2 aliphatic heterocycles. The minimum atomic E-state index is -0.251. The first-order chi connectivity index (χ1) is 11.7. The molecule has 0 unspecified atom stereocenters. The van der Waals surface area contributed by atoms with Crippen molar-refractivity contribution in [2.24, 2.45) is 4.99 Å². The van der Waals surface area contributed by atoms with Crippen LogP contribution in [0.15, 0.2) is 53.4 Å². The molecular formula is C17H14N4O3. The van der Waals surface area contributed by atoms with Crippen LogP contribution in [0.3, 0.4) is 0 Å². The molecule has 0 spiro atoms. The van der Waals surface area contributed by atoms with Gasteiger partial charge in [-0.25, -0.2) is 4.99 Å². The number of carbonyl (C=O) groups is 1. The van der Waals surface area contributed by atoms with E-state index < -0.39 is 0 Å². The van der Waals surface area contributed by atoms with Gasteiger partial charge in [0.2, 0.25) is 12.8 Å². The Hall–Kier alpha value is -3.35. The largest absolute Gasteiger partial charge is 0.454 e. The predicted octanol–water partition coefficient (Wildman–Crippen LogP) is 1.77. The number of nitrogens with one attached hydrogen (secondary N) is 1. The molecule has 2 aliphatic rings. The Morgan fingerprint density at radius 1 is 1.25 bits per heavy atom. The Morgan fingerprint density at radius 3 is 2.96 bits per heavy atom. The average Bonchev–Trinajstić information content (AvgIpc) is 3.21. The number of nitrogens with zero attached hydrogens (tertiary/aromatic N) is 3. The highest BCUT2D eigenvalue weighted by atomic mass is 16.7. The topological polar surface area (TPSA) is 76.1 Å². The van der Waals surface area contributed by atoms with Gasteiger partial charge in [0.05, 0.1) is 11.9 Å². The van der Waals surface area contributed by atoms with Crippen molar-refractivity contribution in [1.29, 1.82) is 0 Å². The molecule has 4 rings (SSSR count). The molecule has 1 amide bonds. The Kier molecular flexibility index (Phi) is 3.38. The van der Waals surface area contributed by atoms with E-state index in [0.29, 0.717) is 23.2 Å². The molecule has 0 saturated carbocycles. The van der Waals surface area contributed by atoms with Crippen LogP contribution >= 0.6 is 0 Å². The number of aliphatic imine (C=N–C) groups is 1. The Balaban J connectivity index is 1.61. The highest BCUT2D eigenvalue weighted by Gasteiger charge is 2.23. The molecule has 2 aromatic rings. The van der Waals surface area contributed by atoms with E-state index in [0.717, 1.165) is 11.3 Å². The first-order valence-electron chi connectivity index (χ1n) is 7.36. The number of amides is 1. The van der Waals surface area contributed by atoms with Crippen molar-refractivity contribution in [2.75, 3.05) is 18.7 Å². The molecule has 0 radical (unpaired) electrons.